The molecule has 0 amide bonds. The van der Waals surface area contributed by atoms with Crippen molar-refractivity contribution in [2.75, 3.05) is 6.61 Å². The number of rotatable bonds is 4. The summed E-state index contributed by atoms with van der Waals surface area (Å²) in [4.78, 5) is 0. The van der Waals surface area contributed by atoms with Gasteiger partial charge in [0.15, 0.2) is 0 Å². The van der Waals surface area contributed by atoms with Crippen molar-refractivity contribution in [2.24, 2.45) is 0 Å². The zero-order valence-corrected chi connectivity index (χ0v) is 9.29. The largest absolute Gasteiger partial charge is 0.494 e. The fraction of sp³-hybridized carbons (Fsp3) is 0.333. The van der Waals surface area contributed by atoms with E-state index < -0.39 is 0 Å². The average molecular weight is 196 g/mol. The molecule has 3 heteroatoms. The van der Waals surface area contributed by atoms with E-state index in [1.807, 2.05) is 38.1 Å². The van der Waals surface area contributed by atoms with Crippen LogP contribution in [0.4, 0.5) is 0 Å². The summed E-state index contributed by atoms with van der Waals surface area (Å²) >= 11 is 0. The summed E-state index contributed by atoms with van der Waals surface area (Å²) < 4.78 is 5.50. The van der Waals surface area contributed by atoms with Gasteiger partial charge in [-0.05, 0) is 26.0 Å². The Kier molecular flexibility index (Phi) is 4.54. The third-order valence-electron chi connectivity index (χ3n) is 2.21. The molecule has 1 aromatic rings. The monoisotopic (exact) mass is 196 g/mol. The van der Waals surface area contributed by atoms with Crippen LogP contribution in [0.1, 0.15) is 25.0 Å². The molecule has 0 aliphatic heterocycles. The van der Waals surface area contributed by atoms with E-state index in [1.54, 1.807) is 0 Å². The van der Waals surface area contributed by atoms with Crippen LogP contribution in [-0.2, 0) is 11.1 Å². The minimum atomic E-state index is 0.447. The summed E-state index contributed by atoms with van der Waals surface area (Å²) in [5.41, 5.74) is 2.70. The van der Waals surface area contributed by atoms with E-state index in [2.05, 4.69) is 0 Å². The maximum Gasteiger partial charge on any atom is 0.122 e. The number of hydrogen-bond donors (Lipinski definition) is 0. The highest BCUT2D eigenvalue weighted by atomic mass is 16.5. The Morgan fingerprint density at radius 3 is 2.73 bits per heavy atom. The van der Waals surface area contributed by atoms with Crippen LogP contribution in [0.25, 0.3) is 5.76 Å². The Hall–Kier alpha value is -1.11. The van der Waals surface area contributed by atoms with Crippen LogP contribution in [0, 0.1) is 0 Å². The normalized spacial score (nSPS) is 11.5. The molecule has 0 unspecified atom stereocenters. The molecule has 0 aliphatic rings. The standard InChI is InChI=1S/C12H14B2O/c1-3-12(15-4-2)9-5-6-11(14)10(7-9)8-13/h3,5-7H,4,8H2,1-2H3. The molecule has 0 saturated carbocycles. The average Bonchev–Trinajstić information content (AvgIpc) is 2.27. The van der Waals surface area contributed by atoms with Crippen molar-refractivity contribution in [1.82, 2.24) is 0 Å². The highest BCUT2D eigenvalue weighted by molar-refractivity contribution is 6.34. The van der Waals surface area contributed by atoms with Gasteiger partial charge in [0.2, 0.25) is 0 Å². The Morgan fingerprint density at radius 2 is 2.20 bits per heavy atom. The first-order chi connectivity index (χ1) is 7.22. The zero-order valence-electron chi connectivity index (χ0n) is 9.29. The van der Waals surface area contributed by atoms with Crippen molar-refractivity contribution in [3.8, 4) is 0 Å². The molecule has 0 fully saturated rings. The number of benzene rings is 1. The quantitative estimate of drug-likeness (QED) is 0.524. The van der Waals surface area contributed by atoms with Gasteiger partial charge < -0.3 is 4.74 Å². The number of ether oxygens (including phenoxy) is 1. The Morgan fingerprint density at radius 1 is 1.47 bits per heavy atom. The zero-order chi connectivity index (χ0) is 11.3. The lowest BCUT2D eigenvalue weighted by Gasteiger charge is -2.11. The Balaban J connectivity index is 3.04. The molecule has 0 saturated heterocycles. The SMILES string of the molecule is [B]Cc1cc(C(=CC)OCC)ccc1[B]. The molecular weight excluding hydrogens is 182 g/mol. The summed E-state index contributed by atoms with van der Waals surface area (Å²) in [6.07, 6.45) is 2.39. The maximum absolute atomic E-state index is 5.78. The summed E-state index contributed by atoms with van der Waals surface area (Å²) in [5, 5.41) is 0. The first-order valence-corrected chi connectivity index (χ1v) is 5.10. The van der Waals surface area contributed by atoms with Gasteiger partial charge in [-0.2, -0.15) is 0 Å². The van der Waals surface area contributed by atoms with Crippen LogP contribution in [0.2, 0.25) is 0 Å². The second-order valence-corrected chi connectivity index (χ2v) is 3.20. The molecule has 1 nitrogen and oxygen atoms in total. The van der Waals surface area contributed by atoms with Gasteiger partial charge in [-0.3, -0.25) is 0 Å². The Labute approximate surface area is 94.3 Å². The molecule has 1 rings (SSSR count). The van der Waals surface area contributed by atoms with Crippen molar-refractivity contribution >= 4 is 26.9 Å². The maximum atomic E-state index is 5.78. The summed E-state index contributed by atoms with van der Waals surface area (Å²) in [6, 6.07) is 5.78. The van der Waals surface area contributed by atoms with Crippen LogP contribution in [0.3, 0.4) is 0 Å². The number of hydrogen-bond acceptors (Lipinski definition) is 1. The highest BCUT2D eigenvalue weighted by Gasteiger charge is 2.03. The van der Waals surface area contributed by atoms with Gasteiger partial charge in [0.1, 0.15) is 13.6 Å². The third-order valence-corrected chi connectivity index (χ3v) is 2.21. The molecule has 0 spiro atoms. The van der Waals surface area contributed by atoms with Gasteiger partial charge in [-0.25, -0.2) is 0 Å². The molecule has 74 valence electrons. The van der Waals surface area contributed by atoms with Crippen LogP contribution < -0.4 is 5.46 Å². The van der Waals surface area contributed by atoms with Crippen molar-refractivity contribution in [2.45, 2.75) is 20.2 Å². The molecule has 0 atom stereocenters. The summed E-state index contributed by atoms with van der Waals surface area (Å²) in [6.45, 7) is 4.57. The van der Waals surface area contributed by atoms with E-state index in [1.165, 1.54) is 0 Å². The lowest BCUT2D eigenvalue weighted by molar-refractivity contribution is 0.297. The fourth-order valence-corrected chi connectivity index (χ4v) is 1.42. The molecular formula is C12H14B2O. The van der Waals surface area contributed by atoms with E-state index >= 15 is 0 Å². The second kappa shape index (κ2) is 5.69. The summed E-state index contributed by atoms with van der Waals surface area (Å²) in [5.74, 6) is 0.868. The van der Waals surface area contributed by atoms with E-state index in [0.717, 1.165) is 22.3 Å². The Bertz CT molecular complexity index is 359. The summed E-state index contributed by atoms with van der Waals surface area (Å²) in [7, 11) is 11.4. The highest BCUT2D eigenvalue weighted by Crippen LogP contribution is 2.16. The van der Waals surface area contributed by atoms with Crippen molar-refractivity contribution in [3.63, 3.8) is 0 Å². The van der Waals surface area contributed by atoms with Crippen LogP contribution in [0.5, 0.6) is 0 Å². The third kappa shape index (κ3) is 2.92. The van der Waals surface area contributed by atoms with Crippen molar-refractivity contribution in [3.05, 3.63) is 35.4 Å². The molecule has 1 aromatic carbocycles. The van der Waals surface area contributed by atoms with Gasteiger partial charge in [0.25, 0.3) is 0 Å². The van der Waals surface area contributed by atoms with Gasteiger partial charge in [0.05, 0.1) is 14.5 Å². The number of allylic oxidation sites excluding steroid dienone is 1. The van der Waals surface area contributed by atoms with Crippen molar-refractivity contribution < 1.29 is 4.74 Å². The molecule has 0 aromatic heterocycles. The molecule has 0 N–H and O–H groups in total. The first kappa shape index (κ1) is 12.0. The molecule has 15 heavy (non-hydrogen) atoms. The van der Waals surface area contributed by atoms with E-state index in [9.17, 15) is 0 Å². The second-order valence-electron chi connectivity index (χ2n) is 3.20. The lowest BCUT2D eigenvalue weighted by atomic mass is 9.83. The predicted octanol–water partition coefficient (Wildman–Crippen LogP) is 1.55. The minimum absolute atomic E-state index is 0.447. The van der Waals surface area contributed by atoms with E-state index in [-0.39, 0.29) is 0 Å². The molecule has 0 aliphatic carbocycles. The minimum Gasteiger partial charge on any atom is -0.494 e. The fourth-order valence-electron chi connectivity index (χ4n) is 1.42. The van der Waals surface area contributed by atoms with Gasteiger partial charge in [0, 0.05) is 5.56 Å². The van der Waals surface area contributed by atoms with Crippen LogP contribution in [0.15, 0.2) is 24.3 Å². The molecule has 0 heterocycles. The van der Waals surface area contributed by atoms with Crippen LogP contribution in [-0.4, -0.2) is 22.3 Å². The smallest absolute Gasteiger partial charge is 0.122 e. The predicted molar refractivity (Wildman–Crippen MR) is 66.6 cm³/mol. The lowest BCUT2D eigenvalue weighted by Crippen LogP contribution is -2.11. The van der Waals surface area contributed by atoms with Crippen molar-refractivity contribution in [1.29, 1.82) is 0 Å². The molecule has 4 radical (unpaired) electrons. The van der Waals surface area contributed by atoms with Gasteiger partial charge in [-0.1, -0.05) is 29.5 Å². The first-order valence-electron chi connectivity index (χ1n) is 5.10. The van der Waals surface area contributed by atoms with E-state index in [0.29, 0.717) is 12.9 Å². The molecule has 0 bridgehead atoms. The van der Waals surface area contributed by atoms with Gasteiger partial charge in [-0.15, -0.1) is 0 Å². The van der Waals surface area contributed by atoms with Gasteiger partial charge >= 0.3 is 0 Å². The van der Waals surface area contributed by atoms with E-state index in [4.69, 9.17) is 20.4 Å². The topological polar surface area (TPSA) is 9.23 Å². The van der Waals surface area contributed by atoms with Crippen LogP contribution >= 0.6 is 0 Å².